The first-order chi connectivity index (χ1) is 14.4. The number of aliphatic hydroxyl groups is 1. The summed E-state index contributed by atoms with van der Waals surface area (Å²) in [4.78, 5) is 62.0. The zero-order chi connectivity index (χ0) is 23.9. The number of hydrogen-bond donors (Lipinski definition) is 6. The van der Waals surface area contributed by atoms with Crippen LogP contribution in [0.1, 0.15) is 46.5 Å². The summed E-state index contributed by atoms with van der Waals surface area (Å²) >= 11 is 0. The molecule has 0 spiro atoms. The number of likely N-dealkylation sites (tertiary alicyclic amines) is 1. The van der Waals surface area contributed by atoms with E-state index in [1.54, 1.807) is 6.92 Å². The summed E-state index contributed by atoms with van der Waals surface area (Å²) in [6, 6.07) is -4.75. The predicted molar refractivity (Wildman–Crippen MR) is 109 cm³/mol. The molecule has 31 heavy (non-hydrogen) atoms. The van der Waals surface area contributed by atoms with E-state index in [-0.39, 0.29) is 18.9 Å². The van der Waals surface area contributed by atoms with Gasteiger partial charge < -0.3 is 37.2 Å². The number of carbonyl (C=O) groups excluding carboxylic acids is 4. The maximum atomic E-state index is 13.1. The number of primary amides is 1. The number of carbonyl (C=O) groups is 5. The maximum Gasteiger partial charge on any atom is 0.328 e. The van der Waals surface area contributed by atoms with Crippen LogP contribution in [0.5, 0.6) is 0 Å². The molecule has 8 N–H and O–H groups in total. The van der Waals surface area contributed by atoms with Crippen LogP contribution < -0.4 is 22.1 Å². The van der Waals surface area contributed by atoms with Crippen molar-refractivity contribution in [2.45, 2.75) is 76.7 Å². The Bertz CT molecular complexity index is 699. The third kappa shape index (κ3) is 7.17. The van der Waals surface area contributed by atoms with Crippen LogP contribution in [0.4, 0.5) is 0 Å². The molecule has 0 radical (unpaired) electrons. The Balaban J connectivity index is 2.99. The molecule has 6 unspecified atom stereocenters. The molecule has 4 amide bonds. The highest BCUT2D eigenvalue weighted by Crippen LogP contribution is 2.20. The van der Waals surface area contributed by atoms with E-state index in [1.807, 2.05) is 6.92 Å². The van der Waals surface area contributed by atoms with E-state index < -0.39 is 66.3 Å². The summed E-state index contributed by atoms with van der Waals surface area (Å²) in [5.41, 5.74) is 11.1. The summed E-state index contributed by atoms with van der Waals surface area (Å²) in [5.74, 6) is -4.46. The van der Waals surface area contributed by atoms with Crippen LogP contribution in [-0.4, -0.2) is 81.5 Å². The predicted octanol–water partition coefficient (Wildman–Crippen LogP) is -2.34. The van der Waals surface area contributed by atoms with Crippen molar-refractivity contribution in [3.8, 4) is 0 Å². The van der Waals surface area contributed by atoms with Crippen molar-refractivity contribution < 1.29 is 34.2 Å². The highest BCUT2D eigenvalue weighted by atomic mass is 16.4. The summed E-state index contributed by atoms with van der Waals surface area (Å²) in [5, 5.41) is 23.4. The van der Waals surface area contributed by atoms with Crippen molar-refractivity contribution >= 4 is 29.6 Å². The Labute approximate surface area is 180 Å². The monoisotopic (exact) mass is 443 g/mol. The second-order valence-corrected chi connectivity index (χ2v) is 7.90. The number of carboxylic acids is 1. The quantitative estimate of drug-likeness (QED) is 0.203. The molecule has 6 atom stereocenters. The Hall–Kier alpha value is -2.73. The average molecular weight is 444 g/mol. The van der Waals surface area contributed by atoms with Crippen LogP contribution in [0.2, 0.25) is 0 Å². The van der Waals surface area contributed by atoms with E-state index in [4.69, 9.17) is 16.6 Å². The first-order valence-electron chi connectivity index (χ1n) is 10.3. The molecular weight excluding hydrogens is 410 g/mol. The van der Waals surface area contributed by atoms with Gasteiger partial charge in [0.25, 0.3) is 0 Å². The highest BCUT2D eigenvalue weighted by Gasteiger charge is 2.40. The van der Waals surface area contributed by atoms with E-state index in [0.717, 1.165) is 0 Å². The Morgan fingerprint density at radius 1 is 1.16 bits per heavy atom. The fourth-order valence-corrected chi connectivity index (χ4v) is 3.32. The molecule has 1 fully saturated rings. The summed E-state index contributed by atoms with van der Waals surface area (Å²) in [6.45, 7) is 5.02. The largest absolute Gasteiger partial charge is 0.480 e. The third-order valence-electron chi connectivity index (χ3n) is 5.46. The second-order valence-electron chi connectivity index (χ2n) is 7.90. The van der Waals surface area contributed by atoms with Crippen LogP contribution in [0, 0.1) is 5.92 Å². The standard InChI is InChI=1S/C19H33N5O7/c1-4-9(2)14(21)17(28)22-11(8-13(20)26)18(29)24-7-5-6-12(24)16(27)23-15(10(3)25)19(30)31/h9-12,14-15,25H,4-8,21H2,1-3H3,(H2,20,26)(H,22,28)(H,23,27)(H,30,31). The Morgan fingerprint density at radius 2 is 1.77 bits per heavy atom. The molecule has 12 nitrogen and oxygen atoms in total. The van der Waals surface area contributed by atoms with E-state index in [2.05, 4.69) is 10.6 Å². The van der Waals surface area contributed by atoms with Gasteiger partial charge in [0, 0.05) is 6.54 Å². The number of nitrogens with one attached hydrogen (secondary N) is 2. The van der Waals surface area contributed by atoms with Gasteiger partial charge in [0.05, 0.1) is 18.6 Å². The third-order valence-corrected chi connectivity index (χ3v) is 5.46. The molecule has 1 aliphatic rings. The normalized spacial score (nSPS) is 20.8. The lowest BCUT2D eigenvalue weighted by Crippen LogP contribution is -2.58. The summed E-state index contributed by atoms with van der Waals surface area (Å²) in [7, 11) is 0. The second kappa shape index (κ2) is 11.6. The van der Waals surface area contributed by atoms with Gasteiger partial charge in [-0.2, -0.15) is 0 Å². The van der Waals surface area contributed by atoms with Crippen LogP contribution in [0.3, 0.4) is 0 Å². The maximum absolute atomic E-state index is 13.1. The van der Waals surface area contributed by atoms with Crippen LogP contribution in [0.15, 0.2) is 0 Å². The molecule has 12 heteroatoms. The van der Waals surface area contributed by atoms with Crippen molar-refractivity contribution in [2.75, 3.05) is 6.54 Å². The van der Waals surface area contributed by atoms with Crippen LogP contribution >= 0.6 is 0 Å². The lowest BCUT2D eigenvalue weighted by molar-refractivity contribution is -0.147. The molecule has 0 aliphatic carbocycles. The number of nitrogens with two attached hydrogens (primary N) is 2. The summed E-state index contributed by atoms with van der Waals surface area (Å²) < 4.78 is 0. The van der Waals surface area contributed by atoms with Gasteiger partial charge in [-0.15, -0.1) is 0 Å². The Kier molecular flexibility index (Phi) is 9.85. The zero-order valence-electron chi connectivity index (χ0n) is 18.0. The average Bonchev–Trinajstić information content (AvgIpc) is 3.18. The van der Waals surface area contributed by atoms with Gasteiger partial charge in [0.2, 0.25) is 23.6 Å². The van der Waals surface area contributed by atoms with E-state index in [1.165, 1.54) is 11.8 Å². The molecule has 0 aromatic carbocycles. The number of hydrogen-bond acceptors (Lipinski definition) is 7. The first kappa shape index (κ1) is 26.3. The molecule has 1 rings (SSSR count). The molecule has 0 bridgehead atoms. The molecule has 1 aliphatic heterocycles. The minimum Gasteiger partial charge on any atom is -0.480 e. The molecule has 0 aromatic heterocycles. The smallest absolute Gasteiger partial charge is 0.328 e. The molecule has 1 heterocycles. The molecule has 176 valence electrons. The molecule has 0 saturated carbocycles. The molecule has 1 saturated heterocycles. The van der Waals surface area contributed by atoms with Gasteiger partial charge in [-0.05, 0) is 25.7 Å². The number of amides is 4. The zero-order valence-corrected chi connectivity index (χ0v) is 18.0. The Morgan fingerprint density at radius 3 is 2.26 bits per heavy atom. The minimum atomic E-state index is -1.54. The topological polar surface area (TPSA) is 205 Å². The van der Waals surface area contributed by atoms with Gasteiger partial charge in [0.1, 0.15) is 12.1 Å². The molecular formula is C19H33N5O7. The van der Waals surface area contributed by atoms with Gasteiger partial charge in [-0.1, -0.05) is 20.3 Å². The van der Waals surface area contributed by atoms with E-state index >= 15 is 0 Å². The number of aliphatic hydroxyl groups excluding tert-OH is 1. The van der Waals surface area contributed by atoms with Crippen molar-refractivity contribution in [3.05, 3.63) is 0 Å². The van der Waals surface area contributed by atoms with Gasteiger partial charge >= 0.3 is 5.97 Å². The highest BCUT2D eigenvalue weighted by molar-refractivity contribution is 5.96. The van der Waals surface area contributed by atoms with E-state index in [9.17, 15) is 29.1 Å². The summed E-state index contributed by atoms with van der Waals surface area (Å²) in [6.07, 6.45) is -0.483. The number of nitrogens with zero attached hydrogens (tertiary/aromatic N) is 1. The first-order valence-corrected chi connectivity index (χ1v) is 10.3. The van der Waals surface area contributed by atoms with E-state index in [0.29, 0.717) is 12.8 Å². The van der Waals surface area contributed by atoms with Gasteiger partial charge in [-0.3, -0.25) is 19.2 Å². The number of rotatable bonds is 11. The minimum absolute atomic E-state index is 0.164. The van der Waals surface area contributed by atoms with Crippen molar-refractivity contribution in [1.29, 1.82) is 0 Å². The SMILES string of the molecule is CCC(C)C(N)C(=O)NC(CC(N)=O)C(=O)N1CCCC1C(=O)NC(C(=O)O)C(C)O. The molecule has 0 aromatic rings. The van der Waals surface area contributed by atoms with Crippen molar-refractivity contribution in [2.24, 2.45) is 17.4 Å². The number of carboxylic acid groups (broad SMARTS) is 1. The van der Waals surface area contributed by atoms with Crippen molar-refractivity contribution in [3.63, 3.8) is 0 Å². The van der Waals surface area contributed by atoms with Gasteiger partial charge in [0.15, 0.2) is 6.04 Å². The fraction of sp³-hybridized carbons (Fsp3) is 0.737. The fourth-order valence-electron chi connectivity index (χ4n) is 3.32. The lowest BCUT2D eigenvalue weighted by atomic mass is 9.98. The number of aliphatic carboxylic acids is 1. The lowest BCUT2D eigenvalue weighted by Gasteiger charge is -2.30. The van der Waals surface area contributed by atoms with Crippen molar-refractivity contribution in [1.82, 2.24) is 15.5 Å². The van der Waals surface area contributed by atoms with Gasteiger partial charge in [-0.25, -0.2) is 4.79 Å². The van der Waals surface area contributed by atoms with Crippen LogP contribution in [-0.2, 0) is 24.0 Å². The van der Waals surface area contributed by atoms with Crippen LogP contribution in [0.25, 0.3) is 0 Å².